The van der Waals surface area contributed by atoms with E-state index in [0.717, 1.165) is 5.56 Å². The summed E-state index contributed by atoms with van der Waals surface area (Å²) in [5.74, 6) is -0.397. The molecule has 1 aromatic carbocycles. The SMILES string of the molecule is CCOC(=O)CCC(C)CC(=O)NCNC(=O)OCc1ccccc1. The smallest absolute Gasteiger partial charge is 0.408 e. The minimum absolute atomic E-state index is 0.00292. The number of nitrogens with one attached hydrogen (secondary N) is 2. The molecule has 7 nitrogen and oxygen atoms in total. The van der Waals surface area contributed by atoms with Crippen LogP contribution < -0.4 is 10.6 Å². The van der Waals surface area contributed by atoms with Crippen molar-refractivity contribution in [1.29, 1.82) is 0 Å². The zero-order valence-electron chi connectivity index (χ0n) is 14.7. The van der Waals surface area contributed by atoms with E-state index < -0.39 is 6.09 Å². The summed E-state index contributed by atoms with van der Waals surface area (Å²) in [6, 6.07) is 9.31. The average molecular weight is 350 g/mol. The van der Waals surface area contributed by atoms with Gasteiger partial charge in [-0.15, -0.1) is 0 Å². The number of esters is 1. The van der Waals surface area contributed by atoms with Crippen LogP contribution in [-0.4, -0.2) is 31.2 Å². The van der Waals surface area contributed by atoms with Gasteiger partial charge in [0.2, 0.25) is 5.91 Å². The molecule has 0 fully saturated rings. The Morgan fingerprint density at radius 2 is 1.80 bits per heavy atom. The summed E-state index contributed by atoms with van der Waals surface area (Å²) in [5, 5.41) is 5.05. The molecule has 1 unspecified atom stereocenters. The van der Waals surface area contributed by atoms with E-state index in [0.29, 0.717) is 19.4 Å². The third kappa shape index (κ3) is 10.0. The van der Waals surface area contributed by atoms with Gasteiger partial charge in [-0.1, -0.05) is 37.3 Å². The number of carbonyl (C=O) groups is 3. The molecule has 0 aromatic heterocycles. The van der Waals surface area contributed by atoms with Crippen LogP contribution in [0.15, 0.2) is 30.3 Å². The quantitative estimate of drug-likeness (QED) is 0.499. The summed E-state index contributed by atoms with van der Waals surface area (Å²) in [6.07, 6.45) is 0.560. The molecule has 0 aliphatic carbocycles. The normalized spacial score (nSPS) is 11.3. The second kappa shape index (κ2) is 11.9. The summed E-state index contributed by atoms with van der Waals surface area (Å²) in [7, 11) is 0. The maximum atomic E-state index is 11.8. The van der Waals surface area contributed by atoms with E-state index in [9.17, 15) is 14.4 Å². The largest absolute Gasteiger partial charge is 0.466 e. The fourth-order valence-electron chi connectivity index (χ4n) is 2.08. The number of benzene rings is 1. The molecule has 7 heteroatoms. The van der Waals surface area contributed by atoms with E-state index in [1.54, 1.807) is 6.92 Å². The van der Waals surface area contributed by atoms with Gasteiger partial charge in [0.05, 0.1) is 13.3 Å². The number of amides is 2. The van der Waals surface area contributed by atoms with Gasteiger partial charge in [0.15, 0.2) is 0 Å². The van der Waals surface area contributed by atoms with Crippen molar-refractivity contribution in [1.82, 2.24) is 10.6 Å². The second-order valence-electron chi connectivity index (χ2n) is 5.67. The van der Waals surface area contributed by atoms with Gasteiger partial charge in [-0.05, 0) is 24.8 Å². The molecule has 138 valence electrons. The third-order valence-electron chi connectivity index (χ3n) is 3.41. The highest BCUT2D eigenvalue weighted by atomic mass is 16.5. The van der Waals surface area contributed by atoms with Gasteiger partial charge >= 0.3 is 12.1 Å². The van der Waals surface area contributed by atoms with E-state index in [4.69, 9.17) is 9.47 Å². The van der Waals surface area contributed by atoms with Crippen molar-refractivity contribution in [3.05, 3.63) is 35.9 Å². The van der Waals surface area contributed by atoms with Crippen LogP contribution in [0, 0.1) is 5.92 Å². The number of hydrogen-bond acceptors (Lipinski definition) is 5. The molecule has 0 saturated carbocycles. The molecule has 2 amide bonds. The standard InChI is InChI=1S/C18H26N2O5/c1-3-24-17(22)10-9-14(2)11-16(21)19-13-20-18(23)25-12-15-7-5-4-6-8-15/h4-8,14H,3,9-13H2,1-2H3,(H,19,21)(H,20,23). The molecule has 25 heavy (non-hydrogen) atoms. The number of alkyl carbamates (subject to hydrolysis) is 1. The Morgan fingerprint density at radius 3 is 2.48 bits per heavy atom. The van der Waals surface area contributed by atoms with Crippen molar-refractivity contribution in [3.8, 4) is 0 Å². The lowest BCUT2D eigenvalue weighted by Gasteiger charge is -2.12. The highest BCUT2D eigenvalue weighted by molar-refractivity contribution is 5.77. The molecule has 1 atom stereocenters. The van der Waals surface area contributed by atoms with Gasteiger partial charge in [-0.2, -0.15) is 0 Å². The highest BCUT2D eigenvalue weighted by Crippen LogP contribution is 2.10. The summed E-state index contributed by atoms with van der Waals surface area (Å²) in [5.41, 5.74) is 0.886. The van der Waals surface area contributed by atoms with Gasteiger partial charge in [0, 0.05) is 12.8 Å². The summed E-state index contributed by atoms with van der Waals surface area (Å²) in [6.45, 7) is 4.18. The summed E-state index contributed by atoms with van der Waals surface area (Å²) >= 11 is 0. The second-order valence-corrected chi connectivity index (χ2v) is 5.67. The van der Waals surface area contributed by atoms with Gasteiger partial charge in [-0.25, -0.2) is 4.79 Å². The van der Waals surface area contributed by atoms with E-state index in [1.807, 2.05) is 37.3 Å². The molecule has 0 spiro atoms. The molecule has 2 N–H and O–H groups in total. The maximum absolute atomic E-state index is 11.8. The van der Waals surface area contributed by atoms with Crippen LogP contribution in [0.1, 0.15) is 38.7 Å². The molecule has 0 aliphatic heterocycles. The van der Waals surface area contributed by atoms with E-state index in [1.165, 1.54) is 0 Å². The molecule has 0 aliphatic rings. The lowest BCUT2D eigenvalue weighted by Crippen LogP contribution is -2.38. The first kappa shape index (κ1) is 20.5. The monoisotopic (exact) mass is 350 g/mol. The lowest BCUT2D eigenvalue weighted by molar-refractivity contribution is -0.143. The van der Waals surface area contributed by atoms with Crippen LogP contribution in [0.4, 0.5) is 4.79 Å². The van der Waals surface area contributed by atoms with E-state index in [2.05, 4.69) is 10.6 Å². The lowest BCUT2D eigenvalue weighted by atomic mass is 10.0. The van der Waals surface area contributed by atoms with Gasteiger partial charge in [0.25, 0.3) is 0 Å². The Kier molecular flexibility index (Phi) is 9.74. The van der Waals surface area contributed by atoms with Crippen LogP contribution in [0.25, 0.3) is 0 Å². The van der Waals surface area contributed by atoms with E-state index in [-0.39, 0.29) is 37.5 Å². The zero-order chi connectivity index (χ0) is 18.5. The van der Waals surface area contributed by atoms with Crippen LogP contribution in [0.5, 0.6) is 0 Å². The molecule has 0 radical (unpaired) electrons. The van der Waals surface area contributed by atoms with Crippen LogP contribution >= 0.6 is 0 Å². The van der Waals surface area contributed by atoms with Crippen LogP contribution in [0.2, 0.25) is 0 Å². The maximum Gasteiger partial charge on any atom is 0.408 e. The molecule has 0 saturated heterocycles. The fraction of sp³-hybridized carbons (Fsp3) is 0.500. The molecular formula is C18H26N2O5. The van der Waals surface area contributed by atoms with Crippen LogP contribution in [-0.2, 0) is 25.7 Å². The number of ether oxygens (including phenoxy) is 2. The van der Waals surface area contributed by atoms with Crippen molar-refractivity contribution in [2.24, 2.45) is 5.92 Å². The van der Waals surface area contributed by atoms with Crippen molar-refractivity contribution < 1.29 is 23.9 Å². The first-order valence-electron chi connectivity index (χ1n) is 8.38. The average Bonchev–Trinajstić information content (AvgIpc) is 2.59. The molecular weight excluding hydrogens is 324 g/mol. The van der Waals surface area contributed by atoms with Gasteiger partial charge in [-0.3, -0.25) is 9.59 Å². The Bertz CT molecular complexity index is 548. The first-order valence-corrected chi connectivity index (χ1v) is 8.38. The van der Waals surface area contributed by atoms with Gasteiger partial charge in [0.1, 0.15) is 6.61 Å². The zero-order valence-corrected chi connectivity index (χ0v) is 14.7. The van der Waals surface area contributed by atoms with Crippen molar-refractivity contribution in [2.45, 2.75) is 39.7 Å². The summed E-state index contributed by atoms with van der Waals surface area (Å²) < 4.78 is 9.87. The number of rotatable bonds is 10. The number of hydrogen-bond donors (Lipinski definition) is 2. The fourth-order valence-corrected chi connectivity index (χ4v) is 2.08. The molecule has 0 bridgehead atoms. The van der Waals surface area contributed by atoms with Crippen molar-refractivity contribution >= 4 is 18.0 Å². The predicted octanol–water partition coefficient (Wildman–Crippen LogP) is 2.36. The van der Waals surface area contributed by atoms with E-state index >= 15 is 0 Å². The molecule has 0 heterocycles. The highest BCUT2D eigenvalue weighted by Gasteiger charge is 2.12. The third-order valence-corrected chi connectivity index (χ3v) is 3.41. The molecule has 1 aromatic rings. The Labute approximate surface area is 148 Å². The Morgan fingerprint density at radius 1 is 1.08 bits per heavy atom. The first-order chi connectivity index (χ1) is 12.0. The molecule has 1 rings (SSSR count). The van der Waals surface area contributed by atoms with Crippen molar-refractivity contribution in [3.63, 3.8) is 0 Å². The Hall–Kier alpha value is -2.57. The van der Waals surface area contributed by atoms with Gasteiger partial charge < -0.3 is 20.1 Å². The van der Waals surface area contributed by atoms with Crippen LogP contribution in [0.3, 0.4) is 0 Å². The predicted molar refractivity (Wildman–Crippen MR) is 92.4 cm³/mol. The minimum atomic E-state index is -0.598. The minimum Gasteiger partial charge on any atom is -0.466 e. The summed E-state index contributed by atoms with van der Waals surface area (Å²) in [4.78, 5) is 34.5. The van der Waals surface area contributed by atoms with Crippen molar-refractivity contribution in [2.75, 3.05) is 13.3 Å². The number of carbonyl (C=O) groups excluding carboxylic acids is 3. The Balaban J connectivity index is 2.10. The topological polar surface area (TPSA) is 93.7 Å².